The van der Waals surface area contributed by atoms with Crippen molar-refractivity contribution in [3.05, 3.63) is 113 Å². The molecule has 1 amide bonds. The number of hydrogen-bond donors (Lipinski definition) is 1. The minimum atomic E-state index is -0.138. The molecule has 0 aliphatic carbocycles. The third-order valence-corrected chi connectivity index (χ3v) is 6.21. The average Bonchev–Trinajstić information content (AvgIpc) is 3.34. The van der Waals surface area contributed by atoms with Crippen LogP contribution in [0.3, 0.4) is 0 Å². The van der Waals surface area contributed by atoms with Gasteiger partial charge in [-0.3, -0.25) is 4.79 Å². The van der Waals surface area contributed by atoms with Crippen LogP contribution in [0.1, 0.15) is 21.5 Å². The predicted octanol–water partition coefficient (Wildman–Crippen LogP) is 4.86. The van der Waals surface area contributed by atoms with E-state index in [0.717, 1.165) is 22.5 Å². The summed E-state index contributed by atoms with van der Waals surface area (Å²) in [5.74, 6) is -0.138. The molecule has 1 aromatic heterocycles. The fraction of sp³-hybridized carbons (Fsp3) is 0.185. The fourth-order valence-electron chi connectivity index (χ4n) is 4.15. The van der Waals surface area contributed by atoms with E-state index in [1.165, 1.54) is 0 Å². The lowest BCUT2D eigenvalue weighted by molar-refractivity contribution is 0.0927. The molecule has 1 atom stereocenters. The molecular weight excluding hydrogens is 448 g/mol. The quantitative estimate of drug-likeness (QED) is 0.435. The van der Waals surface area contributed by atoms with Crippen molar-refractivity contribution in [2.24, 2.45) is 0 Å². The minimum absolute atomic E-state index is 0.0258. The Kier molecular flexibility index (Phi) is 6.72. The monoisotopic (exact) mass is 472 g/mol. The van der Waals surface area contributed by atoms with Gasteiger partial charge in [0.25, 0.3) is 5.91 Å². The van der Waals surface area contributed by atoms with Crippen molar-refractivity contribution >= 4 is 23.2 Å². The molecule has 0 unspecified atom stereocenters. The zero-order valence-corrected chi connectivity index (χ0v) is 19.4. The number of ether oxygens (including phenoxy) is 1. The molecule has 0 saturated heterocycles. The van der Waals surface area contributed by atoms with Crippen molar-refractivity contribution in [3.63, 3.8) is 0 Å². The summed E-state index contributed by atoms with van der Waals surface area (Å²) in [6, 6.07) is 25.2. The third kappa shape index (κ3) is 4.89. The number of aromatic nitrogens is 2. The van der Waals surface area contributed by atoms with Gasteiger partial charge in [-0.1, -0.05) is 60.1 Å². The Morgan fingerprint density at radius 2 is 1.88 bits per heavy atom. The summed E-state index contributed by atoms with van der Waals surface area (Å²) in [6.45, 7) is 2.15. The highest BCUT2D eigenvalue weighted by Crippen LogP contribution is 2.28. The first kappa shape index (κ1) is 22.3. The lowest BCUT2D eigenvalue weighted by Gasteiger charge is -2.26. The number of amides is 1. The van der Waals surface area contributed by atoms with E-state index in [4.69, 9.17) is 16.3 Å². The van der Waals surface area contributed by atoms with Crippen LogP contribution < -0.4 is 10.2 Å². The topological polar surface area (TPSA) is 59.4 Å². The Bertz CT molecular complexity index is 1260. The lowest BCUT2D eigenvalue weighted by atomic mass is 10.1. The van der Waals surface area contributed by atoms with Gasteiger partial charge in [0.1, 0.15) is 0 Å². The van der Waals surface area contributed by atoms with Gasteiger partial charge in [0, 0.05) is 37.2 Å². The lowest BCUT2D eigenvalue weighted by Crippen LogP contribution is -2.44. The highest BCUT2D eigenvalue weighted by molar-refractivity contribution is 6.34. The predicted molar refractivity (Wildman–Crippen MR) is 133 cm³/mol. The number of carbonyl (C=O) groups is 1. The van der Waals surface area contributed by atoms with E-state index >= 15 is 0 Å². The largest absolute Gasteiger partial charge is 0.375 e. The molecule has 1 aliphatic heterocycles. The summed E-state index contributed by atoms with van der Waals surface area (Å²) in [6.07, 6.45) is 3.54. The zero-order valence-electron chi connectivity index (χ0n) is 18.6. The first-order valence-electron chi connectivity index (χ1n) is 11.2. The molecule has 0 radical (unpaired) electrons. The van der Waals surface area contributed by atoms with E-state index in [2.05, 4.69) is 10.4 Å². The van der Waals surface area contributed by atoms with Crippen LogP contribution in [0, 0.1) is 0 Å². The number of carbonyl (C=O) groups excluding carboxylic acids is 1. The molecule has 2 heterocycles. The molecular formula is C27H25ClN4O2. The number of fused-ring (bicyclic) bond motifs is 1. The molecule has 0 bridgehead atoms. The summed E-state index contributed by atoms with van der Waals surface area (Å²) in [7, 11) is 0. The maximum atomic E-state index is 13.7. The number of benzene rings is 3. The van der Waals surface area contributed by atoms with Gasteiger partial charge in [0.05, 0.1) is 29.5 Å². The van der Waals surface area contributed by atoms with E-state index in [1.54, 1.807) is 27.9 Å². The van der Waals surface area contributed by atoms with Crippen molar-refractivity contribution < 1.29 is 9.53 Å². The fourth-order valence-corrected chi connectivity index (χ4v) is 4.40. The van der Waals surface area contributed by atoms with E-state index in [1.807, 2.05) is 72.9 Å². The summed E-state index contributed by atoms with van der Waals surface area (Å²) in [4.78, 5) is 15.5. The van der Waals surface area contributed by atoms with Gasteiger partial charge >= 0.3 is 0 Å². The number of nitrogens with one attached hydrogen (secondary N) is 1. The highest BCUT2D eigenvalue weighted by Gasteiger charge is 2.28. The van der Waals surface area contributed by atoms with Crippen LogP contribution in [0.25, 0.3) is 5.69 Å². The number of rotatable bonds is 6. The second-order valence-electron chi connectivity index (χ2n) is 8.24. The summed E-state index contributed by atoms with van der Waals surface area (Å²) >= 11 is 6.59. The third-order valence-electron chi connectivity index (χ3n) is 5.89. The minimum Gasteiger partial charge on any atom is -0.375 e. The smallest absolute Gasteiger partial charge is 0.259 e. The normalized spacial score (nSPS) is 15.6. The molecule has 0 saturated carbocycles. The molecule has 0 fully saturated rings. The second-order valence-corrected chi connectivity index (χ2v) is 8.65. The molecule has 0 spiro atoms. The van der Waals surface area contributed by atoms with Gasteiger partial charge in [-0.2, -0.15) is 5.10 Å². The number of nitrogens with zero attached hydrogens (tertiary/aromatic N) is 3. The molecule has 34 heavy (non-hydrogen) atoms. The maximum Gasteiger partial charge on any atom is 0.259 e. The Labute approximate surface area is 203 Å². The van der Waals surface area contributed by atoms with Gasteiger partial charge < -0.3 is 15.0 Å². The molecule has 6 nitrogen and oxygen atoms in total. The van der Waals surface area contributed by atoms with Gasteiger partial charge in [0.2, 0.25) is 0 Å². The van der Waals surface area contributed by atoms with E-state index in [-0.39, 0.29) is 11.9 Å². The Morgan fingerprint density at radius 1 is 1.06 bits per heavy atom. The molecule has 1 N–H and O–H groups in total. The molecule has 5 rings (SSSR count). The van der Waals surface area contributed by atoms with Crippen LogP contribution in [0.2, 0.25) is 5.02 Å². The first-order chi connectivity index (χ1) is 16.7. The first-order valence-corrected chi connectivity index (χ1v) is 11.6. The zero-order chi connectivity index (χ0) is 23.3. The molecule has 4 aromatic rings. The van der Waals surface area contributed by atoms with Crippen molar-refractivity contribution in [2.45, 2.75) is 19.2 Å². The summed E-state index contributed by atoms with van der Waals surface area (Å²) < 4.78 is 7.71. The SMILES string of the molecule is O=C(c1ccc(-n2cccn2)cc1Cl)N1C[C@@H](COCc2ccccc2)NCc2ccccc21. The van der Waals surface area contributed by atoms with Crippen LogP contribution in [-0.2, 0) is 17.9 Å². The van der Waals surface area contributed by atoms with Crippen molar-refractivity contribution in [3.8, 4) is 5.69 Å². The van der Waals surface area contributed by atoms with Gasteiger partial charge in [-0.15, -0.1) is 0 Å². The van der Waals surface area contributed by atoms with Crippen molar-refractivity contribution in [1.29, 1.82) is 0 Å². The average molecular weight is 473 g/mol. The van der Waals surface area contributed by atoms with Gasteiger partial charge in [-0.25, -0.2) is 4.68 Å². The molecule has 7 heteroatoms. The van der Waals surface area contributed by atoms with Crippen molar-refractivity contribution in [2.75, 3.05) is 18.1 Å². The van der Waals surface area contributed by atoms with Crippen LogP contribution >= 0.6 is 11.6 Å². The Balaban J connectivity index is 1.37. The van der Waals surface area contributed by atoms with Crippen LogP contribution in [-0.4, -0.2) is 34.9 Å². The number of para-hydroxylation sites is 1. The Hall–Kier alpha value is -3.45. The number of hydrogen-bond acceptors (Lipinski definition) is 4. The summed E-state index contributed by atoms with van der Waals surface area (Å²) in [5.41, 5.74) is 4.33. The number of halogens is 1. The standard InChI is InChI=1S/C27H25ClN4O2/c28-25-15-23(32-14-6-13-30-32)11-12-24(25)27(33)31-17-22(19-34-18-20-7-2-1-3-8-20)29-16-21-9-4-5-10-26(21)31/h1-15,22,29H,16-19H2/t22-/m0/s1. The van der Waals surface area contributed by atoms with E-state index < -0.39 is 0 Å². The van der Waals surface area contributed by atoms with Crippen LogP contribution in [0.15, 0.2) is 91.3 Å². The summed E-state index contributed by atoms with van der Waals surface area (Å²) in [5, 5.41) is 8.17. The van der Waals surface area contributed by atoms with Gasteiger partial charge in [-0.05, 0) is 41.5 Å². The molecule has 3 aromatic carbocycles. The second kappa shape index (κ2) is 10.2. The van der Waals surface area contributed by atoms with E-state index in [0.29, 0.717) is 36.9 Å². The highest BCUT2D eigenvalue weighted by atomic mass is 35.5. The van der Waals surface area contributed by atoms with E-state index in [9.17, 15) is 4.79 Å². The maximum absolute atomic E-state index is 13.7. The van der Waals surface area contributed by atoms with Crippen LogP contribution in [0.4, 0.5) is 5.69 Å². The molecule has 172 valence electrons. The molecule has 1 aliphatic rings. The van der Waals surface area contributed by atoms with Gasteiger partial charge in [0.15, 0.2) is 0 Å². The number of anilines is 1. The Morgan fingerprint density at radius 3 is 2.68 bits per heavy atom. The van der Waals surface area contributed by atoms with Crippen molar-refractivity contribution in [1.82, 2.24) is 15.1 Å². The van der Waals surface area contributed by atoms with Crippen LogP contribution in [0.5, 0.6) is 0 Å².